The van der Waals surface area contributed by atoms with Gasteiger partial charge in [-0.15, -0.1) is 10.2 Å². The van der Waals surface area contributed by atoms with E-state index in [1.54, 1.807) is 0 Å². The van der Waals surface area contributed by atoms with Crippen molar-refractivity contribution in [2.45, 2.75) is 37.8 Å². The van der Waals surface area contributed by atoms with E-state index in [0.29, 0.717) is 5.69 Å². The summed E-state index contributed by atoms with van der Waals surface area (Å²) in [6.45, 7) is 0. The van der Waals surface area contributed by atoms with E-state index >= 15 is 0 Å². The maximum atomic E-state index is 14.3. The fourth-order valence-corrected chi connectivity index (χ4v) is 2.86. The lowest BCUT2D eigenvalue weighted by atomic mass is 9.91. The van der Waals surface area contributed by atoms with Crippen LogP contribution in [0.15, 0.2) is 18.7 Å². The van der Waals surface area contributed by atoms with Crippen LogP contribution in [0.3, 0.4) is 0 Å². The molecule has 0 unspecified atom stereocenters. The molecule has 0 radical (unpaired) electrons. The third kappa shape index (κ3) is 3.79. The number of primary amides is 1. The van der Waals surface area contributed by atoms with E-state index in [9.17, 15) is 9.18 Å². The van der Waals surface area contributed by atoms with Crippen LogP contribution >= 0.6 is 0 Å². The first-order chi connectivity index (χ1) is 12.1. The molecule has 0 aliphatic heterocycles. The summed E-state index contributed by atoms with van der Waals surface area (Å²) < 4.78 is 14.3. The Morgan fingerprint density at radius 1 is 1.28 bits per heavy atom. The van der Waals surface area contributed by atoms with Crippen molar-refractivity contribution in [2.75, 3.05) is 10.6 Å². The van der Waals surface area contributed by atoms with Crippen molar-refractivity contribution in [3.05, 3.63) is 30.2 Å². The number of hydrogen-bond donors (Lipinski definition) is 4. The number of rotatable bonds is 5. The van der Waals surface area contributed by atoms with Gasteiger partial charge < -0.3 is 22.1 Å². The molecule has 10 heteroatoms. The summed E-state index contributed by atoms with van der Waals surface area (Å²) in [6, 6.07) is -0.110. The Morgan fingerprint density at radius 2 is 2.08 bits per heavy atom. The van der Waals surface area contributed by atoms with E-state index in [2.05, 4.69) is 30.8 Å². The van der Waals surface area contributed by atoms with E-state index in [4.69, 9.17) is 11.5 Å². The lowest BCUT2D eigenvalue weighted by Crippen LogP contribution is -2.42. The number of anilines is 3. The average molecular weight is 346 g/mol. The number of amides is 1. The van der Waals surface area contributed by atoms with Crippen molar-refractivity contribution in [2.24, 2.45) is 11.5 Å². The topological polar surface area (TPSA) is 145 Å². The van der Waals surface area contributed by atoms with Crippen LogP contribution in [0.4, 0.5) is 21.6 Å². The molecular formula is C15H19FN8O. The molecule has 1 fully saturated rings. The number of aromatic nitrogens is 4. The SMILES string of the molecule is NC(=O)c1nncnc1Nc1cncc(F)c1N[C@@H]1CCCC[C@@H]1N. The Hall–Kier alpha value is -2.88. The van der Waals surface area contributed by atoms with E-state index < -0.39 is 11.7 Å². The predicted molar refractivity (Wildman–Crippen MR) is 89.7 cm³/mol. The molecule has 132 valence electrons. The molecule has 6 N–H and O–H groups in total. The fourth-order valence-electron chi connectivity index (χ4n) is 2.86. The number of carbonyl (C=O) groups is 1. The molecular weight excluding hydrogens is 327 g/mol. The van der Waals surface area contributed by atoms with Crippen molar-refractivity contribution in [1.29, 1.82) is 0 Å². The lowest BCUT2D eigenvalue weighted by Gasteiger charge is -2.31. The first-order valence-corrected chi connectivity index (χ1v) is 7.96. The minimum absolute atomic E-state index is 0.0506. The smallest absolute Gasteiger partial charge is 0.273 e. The van der Waals surface area contributed by atoms with Gasteiger partial charge in [0.2, 0.25) is 0 Å². The first-order valence-electron chi connectivity index (χ1n) is 7.96. The van der Waals surface area contributed by atoms with Gasteiger partial charge in [-0.2, -0.15) is 0 Å². The molecule has 3 rings (SSSR count). The largest absolute Gasteiger partial charge is 0.377 e. The van der Waals surface area contributed by atoms with Gasteiger partial charge in [0, 0.05) is 12.1 Å². The third-order valence-corrected chi connectivity index (χ3v) is 4.16. The van der Waals surface area contributed by atoms with Crippen LogP contribution in [-0.4, -0.2) is 38.2 Å². The quantitative estimate of drug-likeness (QED) is 0.625. The maximum absolute atomic E-state index is 14.3. The predicted octanol–water partition coefficient (Wildman–Crippen LogP) is 0.930. The second-order valence-electron chi connectivity index (χ2n) is 5.89. The van der Waals surface area contributed by atoms with Gasteiger partial charge in [-0.3, -0.25) is 9.78 Å². The van der Waals surface area contributed by atoms with Gasteiger partial charge in [-0.05, 0) is 12.8 Å². The second-order valence-corrected chi connectivity index (χ2v) is 5.89. The zero-order chi connectivity index (χ0) is 17.8. The van der Waals surface area contributed by atoms with Crippen LogP contribution in [0.25, 0.3) is 0 Å². The molecule has 2 aromatic rings. The molecule has 2 aromatic heterocycles. The molecule has 1 saturated carbocycles. The molecule has 0 aromatic carbocycles. The number of nitrogens with zero attached hydrogens (tertiary/aromatic N) is 4. The summed E-state index contributed by atoms with van der Waals surface area (Å²) in [6.07, 6.45) is 7.52. The summed E-state index contributed by atoms with van der Waals surface area (Å²) in [4.78, 5) is 19.2. The summed E-state index contributed by atoms with van der Waals surface area (Å²) in [5.41, 5.74) is 11.8. The molecule has 1 amide bonds. The molecule has 0 bridgehead atoms. The zero-order valence-corrected chi connectivity index (χ0v) is 13.4. The zero-order valence-electron chi connectivity index (χ0n) is 13.4. The fraction of sp³-hybridized carbons (Fsp3) is 0.400. The van der Waals surface area contributed by atoms with Crippen LogP contribution in [0, 0.1) is 5.82 Å². The number of halogens is 1. The van der Waals surface area contributed by atoms with Crippen LogP contribution in [0.2, 0.25) is 0 Å². The highest BCUT2D eigenvalue weighted by molar-refractivity contribution is 5.96. The summed E-state index contributed by atoms with van der Waals surface area (Å²) in [5.74, 6) is -1.26. The molecule has 25 heavy (non-hydrogen) atoms. The molecule has 9 nitrogen and oxygen atoms in total. The Balaban J connectivity index is 1.90. The highest BCUT2D eigenvalue weighted by Gasteiger charge is 2.24. The first kappa shape index (κ1) is 17.0. The Labute approximate surface area is 143 Å². The van der Waals surface area contributed by atoms with Gasteiger partial charge in [0.05, 0.1) is 23.8 Å². The lowest BCUT2D eigenvalue weighted by molar-refractivity contribution is 0.0995. The Morgan fingerprint density at radius 3 is 2.84 bits per heavy atom. The maximum Gasteiger partial charge on any atom is 0.273 e. The number of hydrogen-bond acceptors (Lipinski definition) is 8. The monoisotopic (exact) mass is 346 g/mol. The van der Waals surface area contributed by atoms with Crippen LogP contribution in [0.5, 0.6) is 0 Å². The Bertz CT molecular complexity index is 771. The standard InChI is InChI=1S/C15H19FN8O/c16-8-5-19-6-11(12(8)22-10-4-2-1-3-9(10)17)23-15-13(14(18)25)24-21-7-20-15/h5-7,9-10H,1-4,17H2,(H2,18,25)(H,19,22)(H,20,21,23)/t9-,10+/m0/s1. The Kier molecular flexibility index (Phi) is 4.98. The molecule has 2 atom stereocenters. The van der Waals surface area contributed by atoms with Crippen molar-refractivity contribution in [3.63, 3.8) is 0 Å². The molecule has 0 saturated heterocycles. The number of carbonyl (C=O) groups excluding carboxylic acids is 1. The highest BCUT2D eigenvalue weighted by atomic mass is 19.1. The van der Waals surface area contributed by atoms with E-state index in [-0.39, 0.29) is 29.3 Å². The van der Waals surface area contributed by atoms with Gasteiger partial charge in [-0.1, -0.05) is 12.8 Å². The van der Waals surface area contributed by atoms with E-state index in [0.717, 1.165) is 38.2 Å². The number of pyridine rings is 1. The van der Waals surface area contributed by atoms with E-state index in [1.165, 1.54) is 6.20 Å². The van der Waals surface area contributed by atoms with Crippen molar-refractivity contribution in [3.8, 4) is 0 Å². The minimum Gasteiger partial charge on any atom is -0.377 e. The van der Waals surface area contributed by atoms with Gasteiger partial charge in [0.15, 0.2) is 17.3 Å². The summed E-state index contributed by atoms with van der Waals surface area (Å²) in [7, 11) is 0. The van der Waals surface area contributed by atoms with Crippen LogP contribution < -0.4 is 22.1 Å². The normalized spacial score (nSPS) is 20.1. The van der Waals surface area contributed by atoms with Gasteiger partial charge in [0.25, 0.3) is 5.91 Å². The summed E-state index contributed by atoms with van der Waals surface area (Å²) >= 11 is 0. The number of nitrogens with two attached hydrogens (primary N) is 2. The van der Waals surface area contributed by atoms with Crippen molar-refractivity contribution in [1.82, 2.24) is 20.2 Å². The molecule has 1 aliphatic carbocycles. The second kappa shape index (κ2) is 7.34. The highest BCUT2D eigenvalue weighted by Crippen LogP contribution is 2.30. The molecule has 1 aliphatic rings. The molecule has 2 heterocycles. The average Bonchev–Trinajstić information content (AvgIpc) is 2.60. The van der Waals surface area contributed by atoms with Crippen molar-refractivity contribution < 1.29 is 9.18 Å². The van der Waals surface area contributed by atoms with Gasteiger partial charge in [0.1, 0.15) is 6.33 Å². The minimum atomic E-state index is -0.795. The summed E-state index contributed by atoms with van der Waals surface area (Å²) in [5, 5.41) is 13.2. The molecule has 0 spiro atoms. The number of nitrogens with one attached hydrogen (secondary N) is 2. The van der Waals surface area contributed by atoms with Crippen LogP contribution in [-0.2, 0) is 0 Å². The third-order valence-electron chi connectivity index (χ3n) is 4.16. The van der Waals surface area contributed by atoms with Gasteiger partial charge >= 0.3 is 0 Å². The van der Waals surface area contributed by atoms with Crippen LogP contribution in [0.1, 0.15) is 36.2 Å². The van der Waals surface area contributed by atoms with Gasteiger partial charge in [-0.25, -0.2) is 9.37 Å². The van der Waals surface area contributed by atoms with E-state index in [1.807, 2.05) is 0 Å². The van der Waals surface area contributed by atoms with Crippen molar-refractivity contribution >= 4 is 23.1 Å².